The predicted molar refractivity (Wildman–Crippen MR) is 65.2 cm³/mol. The molecular weight excluding hydrogens is 270 g/mol. The van der Waals surface area contributed by atoms with E-state index < -0.39 is 0 Å². The molecule has 16 heavy (non-hydrogen) atoms. The maximum atomic E-state index is 11.4. The van der Waals surface area contributed by atoms with Crippen LogP contribution in [0.15, 0.2) is 22.7 Å². The molecule has 0 aliphatic carbocycles. The fourth-order valence-electron chi connectivity index (χ4n) is 1.70. The second-order valence-corrected chi connectivity index (χ2v) is 4.45. The first kappa shape index (κ1) is 11.0. The summed E-state index contributed by atoms with van der Waals surface area (Å²) in [6.07, 6.45) is 0.416. The van der Waals surface area contributed by atoms with Gasteiger partial charge in [0.05, 0.1) is 30.4 Å². The third-order valence-electron chi connectivity index (χ3n) is 2.40. The van der Waals surface area contributed by atoms with E-state index in [9.17, 15) is 4.79 Å². The monoisotopic (exact) mass is 279 g/mol. The number of carbonyl (C=O) groups excluding carboxylic acids is 1. The molecule has 82 valence electrons. The minimum atomic E-state index is -0.0345. The number of hydrogen-bond donors (Lipinski definition) is 1. The molecule has 1 aliphatic rings. The van der Waals surface area contributed by atoms with Crippen LogP contribution in [0.5, 0.6) is 0 Å². The second kappa shape index (κ2) is 4.54. The first-order valence-electron chi connectivity index (χ1n) is 4.92. The molecule has 0 unspecified atom stereocenters. The van der Waals surface area contributed by atoms with Gasteiger partial charge in [0, 0.05) is 11.0 Å². The van der Waals surface area contributed by atoms with Crippen molar-refractivity contribution in [1.29, 1.82) is 5.26 Å². The molecule has 0 fully saturated rings. The van der Waals surface area contributed by atoms with Gasteiger partial charge in [0.25, 0.3) is 0 Å². The highest BCUT2D eigenvalue weighted by molar-refractivity contribution is 9.10. The van der Waals surface area contributed by atoms with Gasteiger partial charge in [0.15, 0.2) is 0 Å². The summed E-state index contributed by atoms with van der Waals surface area (Å²) >= 11 is 3.40. The Bertz CT molecular complexity index is 467. The van der Waals surface area contributed by atoms with E-state index in [0.717, 1.165) is 15.8 Å². The summed E-state index contributed by atoms with van der Waals surface area (Å²) in [5.41, 5.74) is 1.77. The third kappa shape index (κ3) is 2.17. The van der Waals surface area contributed by atoms with Gasteiger partial charge in [0.2, 0.25) is 5.91 Å². The van der Waals surface area contributed by atoms with Gasteiger partial charge in [-0.05, 0) is 18.2 Å². The van der Waals surface area contributed by atoms with Gasteiger partial charge in [-0.2, -0.15) is 5.26 Å². The van der Waals surface area contributed by atoms with Gasteiger partial charge in [-0.1, -0.05) is 15.9 Å². The summed E-state index contributed by atoms with van der Waals surface area (Å²) in [5, 5.41) is 11.4. The van der Waals surface area contributed by atoms with E-state index in [2.05, 4.69) is 27.3 Å². The van der Waals surface area contributed by atoms with Crippen molar-refractivity contribution in [3.8, 4) is 6.07 Å². The van der Waals surface area contributed by atoms with Gasteiger partial charge in [-0.15, -0.1) is 0 Å². The molecule has 0 bridgehead atoms. The van der Waals surface area contributed by atoms with Crippen molar-refractivity contribution >= 4 is 33.2 Å². The van der Waals surface area contributed by atoms with E-state index in [1.165, 1.54) is 0 Å². The topological polar surface area (TPSA) is 56.1 Å². The zero-order valence-corrected chi connectivity index (χ0v) is 10.1. The van der Waals surface area contributed by atoms with Gasteiger partial charge in [-0.3, -0.25) is 4.79 Å². The molecule has 0 spiro atoms. The number of fused-ring (bicyclic) bond motifs is 1. The van der Waals surface area contributed by atoms with E-state index in [-0.39, 0.29) is 5.91 Å². The average Bonchev–Trinajstić information content (AvgIpc) is 2.26. The quantitative estimate of drug-likeness (QED) is 0.902. The number of anilines is 2. The number of benzene rings is 1. The Kier molecular flexibility index (Phi) is 3.11. The Morgan fingerprint density at radius 1 is 1.56 bits per heavy atom. The third-order valence-corrected chi connectivity index (χ3v) is 2.90. The summed E-state index contributed by atoms with van der Waals surface area (Å²) in [6.45, 7) is 0.887. The van der Waals surface area contributed by atoms with Gasteiger partial charge >= 0.3 is 0 Å². The average molecular weight is 280 g/mol. The number of hydrogen-bond acceptors (Lipinski definition) is 3. The summed E-state index contributed by atoms with van der Waals surface area (Å²) in [6, 6.07) is 7.78. The fraction of sp³-hybridized carbons (Fsp3) is 0.273. The van der Waals surface area contributed by atoms with Crippen molar-refractivity contribution in [2.45, 2.75) is 6.42 Å². The lowest BCUT2D eigenvalue weighted by atomic mass is 10.2. The van der Waals surface area contributed by atoms with Crippen LogP contribution in [0.1, 0.15) is 6.42 Å². The van der Waals surface area contributed by atoms with Crippen molar-refractivity contribution in [3.63, 3.8) is 0 Å². The first-order valence-corrected chi connectivity index (χ1v) is 5.71. The van der Waals surface area contributed by atoms with Crippen LogP contribution in [-0.2, 0) is 4.79 Å². The molecule has 0 saturated carbocycles. The van der Waals surface area contributed by atoms with Crippen LogP contribution in [0, 0.1) is 11.3 Å². The molecular formula is C11H10BrN3O. The summed E-state index contributed by atoms with van der Waals surface area (Å²) in [4.78, 5) is 13.4. The Labute approximate surface area is 102 Å². The lowest BCUT2D eigenvalue weighted by Gasteiger charge is -2.30. The number of nitrogens with one attached hydrogen (secondary N) is 1. The highest BCUT2D eigenvalue weighted by Crippen LogP contribution is 2.32. The zero-order chi connectivity index (χ0) is 11.5. The first-order chi connectivity index (χ1) is 7.70. The highest BCUT2D eigenvalue weighted by atomic mass is 79.9. The summed E-state index contributed by atoms with van der Waals surface area (Å²) in [5.74, 6) is -0.0345. The maximum absolute atomic E-state index is 11.4. The largest absolute Gasteiger partial charge is 0.359 e. The Morgan fingerprint density at radius 3 is 3.12 bits per heavy atom. The number of rotatable bonds is 2. The number of nitriles is 1. The lowest BCUT2D eigenvalue weighted by molar-refractivity contribution is -0.115. The number of nitrogens with zero attached hydrogens (tertiary/aromatic N) is 2. The molecule has 1 heterocycles. The number of carbonyl (C=O) groups is 1. The molecule has 1 amide bonds. The number of amides is 1. The molecule has 1 N–H and O–H groups in total. The maximum Gasteiger partial charge on any atom is 0.243 e. The molecule has 0 atom stereocenters. The van der Waals surface area contributed by atoms with Crippen LogP contribution in [0.25, 0.3) is 0 Å². The van der Waals surface area contributed by atoms with Crippen LogP contribution in [0.3, 0.4) is 0 Å². The Morgan fingerprint density at radius 2 is 2.38 bits per heavy atom. The van der Waals surface area contributed by atoms with E-state index in [4.69, 9.17) is 5.26 Å². The van der Waals surface area contributed by atoms with Crippen molar-refractivity contribution < 1.29 is 4.79 Å². The van der Waals surface area contributed by atoms with Crippen molar-refractivity contribution in [2.75, 3.05) is 23.3 Å². The normalized spacial score (nSPS) is 14.0. The van der Waals surface area contributed by atoms with Crippen LogP contribution in [0.2, 0.25) is 0 Å². The highest BCUT2D eigenvalue weighted by Gasteiger charge is 2.21. The molecule has 1 aromatic rings. The lowest BCUT2D eigenvalue weighted by Crippen LogP contribution is -2.38. The van der Waals surface area contributed by atoms with Crippen LogP contribution >= 0.6 is 15.9 Å². The molecule has 5 heteroatoms. The Balaban J connectivity index is 2.32. The summed E-state index contributed by atoms with van der Waals surface area (Å²) in [7, 11) is 0. The Hall–Kier alpha value is -1.54. The van der Waals surface area contributed by atoms with Crippen LogP contribution < -0.4 is 10.2 Å². The summed E-state index contributed by atoms with van der Waals surface area (Å²) < 4.78 is 0.962. The van der Waals surface area contributed by atoms with E-state index in [0.29, 0.717) is 19.5 Å². The van der Waals surface area contributed by atoms with Crippen molar-refractivity contribution in [3.05, 3.63) is 22.7 Å². The molecule has 2 rings (SSSR count). The standard InChI is InChI=1S/C11H10BrN3O/c12-8-2-3-9-10(6-8)15(5-1-4-13)7-11(16)14-9/h2-3,6H,1,5,7H2,(H,14,16). The van der Waals surface area contributed by atoms with Gasteiger partial charge in [0.1, 0.15) is 0 Å². The van der Waals surface area contributed by atoms with E-state index >= 15 is 0 Å². The predicted octanol–water partition coefficient (Wildman–Crippen LogP) is 2.12. The van der Waals surface area contributed by atoms with Gasteiger partial charge < -0.3 is 10.2 Å². The second-order valence-electron chi connectivity index (χ2n) is 3.54. The minimum Gasteiger partial charge on any atom is -0.359 e. The van der Waals surface area contributed by atoms with Crippen LogP contribution in [-0.4, -0.2) is 19.0 Å². The molecule has 0 radical (unpaired) electrons. The molecule has 1 aromatic carbocycles. The van der Waals surface area contributed by atoms with E-state index in [1.54, 1.807) is 0 Å². The molecule has 0 saturated heterocycles. The zero-order valence-electron chi connectivity index (χ0n) is 8.53. The number of halogens is 1. The SMILES string of the molecule is N#CCCN1CC(=O)Nc2ccc(Br)cc21. The smallest absolute Gasteiger partial charge is 0.243 e. The molecule has 0 aromatic heterocycles. The molecule has 4 nitrogen and oxygen atoms in total. The van der Waals surface area contributed by atoms with Crippen molar-refractivity contribution in [2.24, 2.45) is 0 Å². The van der Waals surface area contributed by atoms with Gasteiger partial charge in [-0.25, -0.2) is 0 Å². The van der Waals surface area contributed by atoms with E-state index in [1.807, 2.05) is 23.1 Å². The van der Waals surface area contributed by atoms with Crippen LogP contribution in [0.4, 0.5) is 11.4 Å². The molecule has 1 aliphatic heterocycles. The van der Waals surface area contributed by atoms with Crippen molar-refractivity contribution in [1.82, 2.24) is 0 Å². The fourth-order valence-corrected chi connectivity index (χ4v) is 2.05. The minimum absolute atomic E-state index is 0.0345.